The Morgan fingerprint density at radius 1 is 1.30 bits per heavy atom. The van der Waals surface area contributed by atoms with Crippen LogP contribution in [0.1, 0.15) is 12.0 Å². The van der Waals surface area contributed by atoms with Crippen LogP contribution >= 0.6 is 0 Å². The summed E-state index contributed by atoms with van der Waals surface area (Å²) in [6, 6.07) is 7.98. The average molecular weight is 322 g/mol. The first-order chi connectivity index (χ1) is 11.1. The molecule has 2 rings (SSSR count). The smallest absolute Gasteiger partial charge is 0.387 e. The van der Waals surface area contributed by atoms with Crippen molar-refractivity contribution in [1.29, 1.82) is 0 Å². The van der Waals surface area contributed by atoms with E-state index < -0.39 is 6.61 Å². The summed E-state index contributed by atoms with van der Waals surface area (Å²) >= 11 is 0. The first kappa shape index (κ1) is 16.7. The number of nitrogens with zero attached hydrogens (tertiary/aromatic N) is 1. The number of carbonyl (C=O) groups excluding carboxylic acids is 1. The number of methoxy groups -OCH3 is 1. The van der Waals surface area contributed by atoms with Gasteiger partial charge in [-0.3, -0.25) is 9.78 Å². The van der Waals surface area contributed by atoms with Gasteiger partial charge in [-0.1, -0.05) is 6.07 Å². The van der Waals surface area contributed by atoms with E-state index in [0.717, 1.165) is 5.56 Å². The first-order valence-electron chi connectivity index (χ1n) is 6.90. The van der Waals surface area contributed by atoms with Crippen molar-refractivity contribution in [3.63, 3.8) is 0 Å². The molecule has 2 aromatic rings. The van der Waals surface area contributed by atoms with Gasteiger partial charge in [0.25, 0.3) is 0 Å². The van der Waals surface area contributed by atoms with Crippen LogP contribution in [-0.4, -0.2) is 24.6 Å². The van der Waals surface area contributed by atoms with Crippen LogP contribution in [0, 0.1) is 0 Å². The van der Waals surface area contributed by atoms with E-state index in [1.807, 2.05) is 6.07 Å². The minimum absolute atomic E-state index is 0.132. The molecule has 7 heteroatoms. The van der Waals surface area contributed by atoms with Gasteiger partial charge in [-0.05, 0) is 30.2 Å². The molecule has 0 radical (unpaired) electrons. The highest BCUT2D eigenvalue weighted by Crippen LogP contribution is 2.31. The Hall–Kier alpha value is -2.70. The third-order valence-electron chi connectivity index (χ3n) is 3.03. The summed E-state index contributed by atoms with van der Waals surface area (Å²) in [7, 11) is 1.35. The third-order valence-corrected chi connectivity index (χ3v) is 3.03. The van der Waals surface area contributed by atoms with E-state index in [9.17, 15) is 13.6 Å². The van der Waals surface area contributed by atoms with Crippen LogP contribution in [0.3, 0.4) is 0 Å². The fourth-order valence-electron chi connectivity index (χ4n) is 1.97. The summed E-state index contributed by atoms with van der Waals surface area (Å²) in [5.74, 6) is -0.201. The lowest BCUT2D eigenvalue weighted by Crippen LogP contribution is -2.13. The van der Waals surface area contributed by atoms with Crippen molar-refractivity contribution in [3.8, 4) is 11.5 Å². The van der Waals surface area contributed by atoms with E-state index in [1.165, 1.54) is 19.2 Å². The van der Waals surface area contributed by atoms with Crippen LogP contribution in [0.15, 0.2) is 42.7 Å². The molecule has 1 aromatic carbocycles. The molecule has 0 bridgehead atoms. The molecule has 0 spiro atoms. The van der Waals surface area contributed by atoms with Crippen LogP contribution in [0.2, 0.25) is 0 Å². The highest BCUT2D eigenvalue weighted by atomic mass is 19.3. The monoisotopic (exact) mass is 322 g/mol. The summed E-state index contributed by atoms with van der Waals surface area (Å²) in [5.41, 5.74) is 1.30. The molecule has 0 aliphatic rings. The van der Waals surface area contributed by atoms with E-state index in [-0.39, 0.29) is 23.8 Å². The van der Waals surface area contributed by atoms with Crippen LogP contribution in [0.4, 0.5) is 14.5 Å². The summed E-state index contributed by atoms with van der Waals surface area (Å²) < 4.78 is 34.0. The van der Waals surface area contributed by atoms with Gasteiger partial charge in [0.05, 0.1) is 7.11 Å². The molecule has 122 valence electrons. The molecular formula is C16H16F2N2O3. The molecule has 1 amide bonds. The molecule has 1 heterocycles. The molecule has 1 aromatic heterocycles. The first-order valence-corrected chi connectivity index (χ1v) is 6.90. The van der Waals surface area contributed by atoms with Crippen molar-refractivity contribution in [2.24, 2.45) is 0 Å². The number of rotatable bonds is 7. The predicted octanol–water partition coefficient (Wildman–Crippen LogP) is 3.26. The second-order valence-corrected chi connectivity index (χ2v) is 4.65. The number of aromatic nitrogens is 1. The number of hydrogen-bond donors (Lipinski definition) is 1. The fourth-order valence-corrected chi connectivity index (χ4v) is 1.97. The fraction of sp³-hybridized carbons (Fsp3) is 0.250. The largest absolute Gasteiger partial charge is 0.493 e. The number of nitrogens with one attached hydrogen (secondary N) is 1. The topological polar surface area (TPSA) is 60.5 Å². The Labute approximate surface area is 132 Å². The van der Waals surface area contributed by atoms with Gasteiger partial charge in [0.1, 0.15) is 0 Å². The van der Waals surface area contributed by atoms with Crippen molar-refractivity contribution in [3.05, 3.63) is 48.3 Å². The number of halogens is 2. The number of alkyl halides is 2. The van der Waals surface area contributed by atoms with Gasteiger partial charge < -0.3 is 14.8 Å². The quantitative estimate of drug-likeness (QED) is 0.850. The summed E-state index contributed by atoms with van der Waals surface area (Å²) in [6.45, 7) is -2.97. The van der Waals surface area contributed by atoms with Crippen LogP contribution in [0.5, 0.6) is 11.5 Å². The highest BCUT2D eigenvalue weighted by Gasteiger charge is 2.12. The Morgan fingerprint density at radius 2 is 2.13 bits per heavy atom. The van der Waals surface area contributed by atoms with Gasteiger partial charge in [-0.25, -0.2) is 0 Å². The maximum Gasteiger partial charge on any atom is 0.387 e. The number of aryl methyl sites for hydroxylation is 1. The zero-order valence-corrected chi connectivity index (χ0v) is 12.5. The molecule has 0 unspecified atom stereocenters. The molecule has 0 aliphatic carbocycles. The molecule has 0 atom stereocenters. The minimum atomic E-state index is -2.97. The van der Waals surface area contributed by atoms with E-state index in [4.69, 9.17) is 4.74 Å². The standard InChI is InChI=1S/C16H16F2N2O3/c1-22-13-6-5-12(9-14(13)23-16(17)18)20-15(21)7-4-11-3-2-8-19-10-11/h2-3,5-6,8-10,16H,4,7H2,1H3,(H,20,21). The minimum Gasteiger partial charge on any atom is -0.493 e. The van der Waals surface area contributed by atoms with E-state index in [0.29, 0.717) is 12.1 Å². The predicted molar refractivity (Wildman–Crippen MR) is 80.8 cm³/mol. The number of benzene rings is 1. The number of hydrogen-bond acceptors (Lipinski definition) is 4. The molecule has 5 nitrogen and oxygen atoms in total. The number of ether oxygens (including phenoxy) is 2. The van der Waals surface area contributed by atoms with Gasteiger partial charge in [0.15, 0.2) is 11.5 Å². The van der Waals surface area contributed by atoms with Gasteiger partial charge >= 0.3 is 6.61 Å². The molecule has 1 N–H and O–H groups in total. The van der Waals surface area contributed by atoms with E-state index in [2.05, 4.69) is 15.0 Å². The molecular weight excluding hydrogens is 306 g/mol. The van der Waals surface area contributed by atoms with Gasteiger partial charge in [-0.15, -0.1) is 0 Å². The van der Waals surface area contributed by atoms with Crippen LogP contribution in [-0.2, 0) is 11.2 Å². The maximum atomic E-state index is 12.4. The van der Waals surface area contributed by atoms with Gasteiger partial charge in [0, 0.05) is 30.6 Å². The lowest BCUT2D eigenvalue weighted by atomic mass is 10.1. The summed E-state index contributed by atoms with van der Waals surface area (Å²) in [5, 5.41) is 2.64. The Bertz CT molecular complexity index is 651. The van der Waals surface area contributed by atoms with Crippen LogP contribution < -0.4 is 14.8 Å². The number of pyridine rings is 1. The van der Waals surface area contributed by atoms with Gasteiger partial charge in [0.2, 0.25) is 5.91 Å². The second kappa shape index (κ2) is 8.07. The Kier molecular flexibility index (Phi) is 5.85. The molecule has 0 saturated carbocycles. The Morgan fingerprint density at radius 3 is 2.78 bits per heavy atom. The SMILES string of the molecule is COc1ccc(NC(=O)CCc2cccnc2)cc1OC(F)F. The van der Waals surface area contributed by atoms with Crippen molar-refractivity contribution in [2.75, 3.05) is 12.4 Å². The molecule has 0 saturated heterocycles. The number of anilines is 1. The highest BCUT2D eigenvalue weighted by molar-refractivity contribution is 5.91. The van der Waals surface area contributed by atoms with Crippen molar-refractivity contribution in [2.45, 2.75) is 19.5 Å². The summed E-state index contributed by atoms with van der Waals surface area (Å²) in [6.07, 6.45) is 4.14. The van der Waals surface area contributed by atoms with Gasteiger partial charge in [-0.2, -0.15) is 8.78 Å². The Balaban J connectivity index is 1.97. The van der Waals surface area contributed by atoms with E-state index >= 15 is 0 Å². The zero-order valence-electron chi connectivity index (χ0n) is 12.5. The second-order valence-electron chi connectivity index (χ2n) is 4.65. The zero-order chi connectivity index (χ0) is 16.7. The molecule has 23 heavy (non-hydrogen) atoms. The normalized spacial score (nSPS) is 10.4. The number of amides is 1. The molecule has 0 aliphatic heterocycles. The summed E-state index contributed by atoms with van der Waals surface area (Å²) in [4.78, 5) is 15.9. The van der Waals surface area contributed by atoms with Crippen molar-refractivity contribution < 1.29 is 23.0 Å². The van der Waals surface area contributed by atoms with E-state index in [1.54, 1.807) is 24.5 Å². The lowest BCUT2D eigenvalue weighted by molar-refractivity contribution is -0.116. The third kappa shape index (κ3) is 5.21. The maximum absolute atomic E-state index is 12.4. The average Bonchev–Trinajstić information content (AvgIpc) is 2.54. The van der Waals surface area contributed by atoms with Crippen molar-refractivity contribution in [1.82, 2.24) is 4.98 Å². The number of carbonyl (C=O) groups is 1. The lowest BCUT2D eigenvalue weighted by Gasteiger charge is -2.12. The van der Waals surface area contributed by atoms with Crippen LogP contribution in [0.25, 0.3) is 0 Å². The van der Waals surface area contributed by atoms with Crippen molar-refractivity contribution >= 4 is 11.6 Å². The molecule has 0 fully saturated rings.